The van der Waals surface area contributed by atoms with Crippen LogP contribution in [0, 0.1) is 0 Å². The third-order valence-electron chi connectivity index (χ3n) is 18.3. The molecule has 0 aliphatic heterocycles. The fourth-order valence-electron chi connectivity index (χ4n) is 11.9. The first-order valence-corrected chi connectivity index (χ1v) is 43.1. The third kappa shape index (κ3) is 121. The van der Waals surface area contributed by atoms with Crippen LogP contribution in [-0.2, 0) is 28.4 Å². The van der Waals surface area contributed by atoms with Gasteiger partial charge in [-0.2, -0.15) is 0 Å². The van der Waals surface area contributed by atoms with Crippen molar-refractivity contribution in [2.24, 2.45) is 0 Å². The molecule has 0 saturated carbocycles. The predicted octanol–water partition coefficient (Wildman–Crippen LogP) is 30.5. The van der Waals surface area contributed by atoms with E-state index in [0.29, 0.717) is 39.6 Å². The Morgan fingerprint density at radius 3 is 0.340 bits per heavy atom. The number of hydrogen-bond donors (Lipinski definition) is 4. The average molecular weight is 1430 g/mol. The van der Waals surface area contributed by atoms with Gasteiger partial charge in [0.15, 0.2) is 0 Å². The van der Waals surface area contributed by atoms with Gasteiger partial charge in [-0.25, -0.2) is 24.0 Å². The molecule has 0 heterocycles. The predicted molar refractivity (Wildman–Crippen MR) is 421 cm³/mol. The van der Waals surface area contributed by atoms with Crippen molar-refractivity contribution in [3.63, 3.8) is 0 Å². The summed E-state index contributed by atoms with van der Waals surface area (Å²) in [4.78, 5) is 51.8. The van der Waals surface area contributed by atoms with E-state index in [1.54, 1.807) is 0 Å². The molecule has 0 amide bonds. The molecule has 0 aromatic heterocycles. The van der Waals surface area contributed by atoms with E-state index in [2.05, 4.69) is 60.5 Å². The van der Waals surface area contributed by atoms with Gasteiger partial charge in [-0.15, -0.1) is 0 Å². The van der Waals surface area contributed by atoms with Crippen LogP contribution in [0.1, 0.15) is 478 Å². The maximum Gasteiger partial charge on any atom is 0.508 e. The molecule has 0 aliphatic rings. The summed E-state index contributed by atoms with van der Waals surface area (Å²) in [5.74, 6) is 0. The van der Waals surface area contributed by atoms with Crippen LogP contribution in [0.5, 0.6) is 0 Å². The molecule has 0 bridgehead atoms. The molecule has 0 unspecified atom stereocenters. The molecular weight excluding hydrogens is 1260 g/mol. The zero-order valence-electron chi connectivity index (χ0n) is 67.1. The Kier molecular flexibility index (Phi) is 107. The van der Waals surface area contributed by atoms with Crippen LogP contribution < -0.4 is 0 Å². The van der Waals surface area contributed by atoms with Gasteiger partial charge in [0, 0.05) is 0 Å². The number of carbonyl (C=O) groups is 5. The van der Waals surface area contributed by atoms with E-state index < -0.39 is 30.8 Å². The SMILES string of the molecule is CCCCCCCCCCCCCCCCCCOC(=O)O.CCCCCCCCCCCCCCCCOC(=O)O.CCCCCCCCCCCCCCOC(=O)O.CCCCCCCCCCCCOC(=O)O.CCCCCCCCCCOC(=O)OCCCCCCCCCC. The van der Waals surface area contributed by atoms with Crippen molar-refractivity contribution >= 4 is 30.8 Å². The first-order chi connectivity index (χ1) is 48.9. The van der Waals surface area contributed by atoms with Gasteiger partial charge in [0.1, 0.15) is 0 Å². The van der Waals surface area contributed by atoms with E-state index in [-0.39, 0.29) is 0 Å². The van der Waals surface area contributed by atoms with Crippen molar-refractivity contribution < 1.29 is 72.8 Å². The molecule has 0 fully saturated rings. The van der Waals surface area contributed by atoms with E-state index in [1.165, 1.54) is 360 Å². The van der Waals surface area contributed by atoms with E-state index >= 15 is 0 Å². The number of carboxylic acid groups (broad SMARTS) is 4. The fraction of sp³-hybridized carbons (Fsp3) is 0.941. The lowest BCUT2D eigenvalue weighted by atomic mass is 10.0. The summed E-state index contributed by atoms with van der Waals surface area (Å²) < 4.78 is 28.0. The van der Waals surface area contributed by atoms with Crippen LogP contribution in [0.4, 0.5) is 24.0 Å². The van der Waals surface area contributed by atoms with E-state index in [4.69, 9.17) is 29.9 Å². The van der Waals surface area contributed by atoms with Gasteiger partial charge in [-0.05, 0) is 38.5 Å². The smallest absolute Gasteiger partial charge is 0.450 e. The lowest BCUT2D eigenvalue weighted by molar-refractivity contribution is 0.0527. The minimum Gasteiger partial charge on any atom is -0.450 e. The Hall–Kier alpha value is -3.65. The molecule has 0 aromatic rings. The van der Waals surface area contributed by atoms with Crippen molar-refractivity contribution in [1.82, 2.24) is 0 Å². The molecule has 0 aliphatic carbocycles. The van der Waals surface area contributed by atoms with Crippen molar-refractivity contribution in [3.8, 4) is 0 Å². The summed E-state index contributed by atoms with van der Waals surface area (Å²) in [6.07, 6.45) is 82.5. The number of hydrogen-bond acceptors (Lipinski definition) is 11. The first-order valence-electron chi connectivity index (χ1n) is 43.1. The van der Waals surface area contributed by atoms with Gasteiger partial charge in [0.2, 0.25) is 0 Å². The maximum atomic E-state index is 11.4. The molecule has 0 rings (SSSR count). The van der Waals surface area contributed by atoms with Gasteiger partial charge in [0.05, 0.1) is 39.6 Å². The van der Waals surface area contributed by atoms with Crippen LogP contribution in [0.3, 0.4) is 0 Å². The molecule has 0 aromatic carbocycles. The van der Waals surface area contributed by atoms with Gasteiger partial charge in [-0.1, -0.05) is 440 Å². The summed E-state index contributed by atoms with van der Waals surface area (Å²) >= 11 is 0. The lowest BCUT2D eigenvalue weighted by Gasteiger charge is -2.06. The molecule has 0 atom stereocenters. The Morgan fingerprint density at radius 2 is 0.240 bits per heavy atom. The summed E-state index contributed by atoms with van der Waals surface area (Å²) in [6.45, 7) is 15.9. The largest absolute Gasteiger partial charge is 0.508 e. The second-order valence-corrected chi connectivity index (χ2v) is 28.3. The van der Waals surface area contributed by atoms with Crippen molar-refractivity contribution in [1.29, 1.82) is 0 Å². The van der Waals surface area contributed by atoms with Gasteiger partial charge in [-0.3, -0.25) is 0 Å². The number of rotatable bonds is 74. The lowest BCUT2D eigenvalue weighted by Crippen LogP contribution is -2.09. The highest BCUT2D eigenvalue weighted by Crippen LogP contribution is 2.18. The number of carbonyl (C=O) groups excluding carboxylic acids is 1. The summed E-state index contributed by atoms with van der Waals surface area (Å²) in [7, 11) is 0. The first kappa shape index (κ1) is 105. The number of ether oxygens (including phenoxy) is 6. The standard InChI is InChI=1S/C21H42O3.C19H38O3.C17H34O3.C15H30O3.C13H26O3/c1-3-5-7-9-11-13-15-17-19-23-21(22)24-20-18-16-14-12-10-8-6-4-2;1-2-3-4-5-6-7-8-9-10-11-12-13-14-15-16-17-18-22-19(20)21;1-2-3-4-5-6-7-8-9-10-11-12-13-14-15-16-20-17(18)19;1-2-3-4-5-6-7-8-9-10-11-12-13-14-18-15(16)17;1-2-3-4-5-6-7-8-9-10-11-12-16-13(14)15/h3-20H2,1-2H3;2-18H2,1H3,(H,20,21);2-16H2,1H3,(H,18,19);2-14H2,1H3,(H,16,17);2-12H2,1H3,(H,14,15). The van der Waals surface area contributed by atoms with E-state index in [0.717, 1.165) is 77.0 Å². The fourth-order valence-corrected chi connectivity index (χ4v) is 11.9. The van der Waals surface area contributed by atoms with Gasteiger partial charge >= 0.3 is 30.8 Å². The third-order valence-corrected chi connectivity index (χ3v) is 18.3. The monoisotopic (exact) mass is 1430 g/mol. The minimum atomic E-state index is -1.16. The highest BCUT2D eigenvalue weighted by molar-refractivity contribution is 5.59. The topological polar surface area (TPSA) is 222 Å². The zero-order chi connectivity index (χ0) is 74.5. The van der Waals surface area contributed by atoms with Gasteiger partial charge < -0.3 is 48.8 Å². The van der Waals surface area contributed by atoms with Crippen LogP contribution in [0.25, 0.3) is 0 Å². The quantitative estimate of drug-likeness (QED) is 0.0253. The molecule has 0 saturated heterocycles. The van der Waals surface area contributed by atoms with Gasteiger partial charge in [0.25, 0.3) is 0 Å². The Morgan fingerprint density at radius 1 is 0.150 bits per heavy atom. The zero-order valence-corrected chi connectivity index (χ0v) is 67.1. The highest BCUT2D eigenvalue weighted by atomic mass is 16.7. The normalized spacial score (nSPS) is 10.6. The molecule has 100 heavy (non-hydrogen) atoms. The maximum absolute atomic E-state index is 11.4. The van der Waals surface area contributed by atoms with Crippen molar-refractivity contribution in [2.75, 3.05) is 39.6 Å². The minimum absolute atomic E-state index is 0.353. The molecule has 15 nitrogen and oxygen atoms in total. The summed E-state index contributed by atoms with van der Waals surface area (Å²) in [6, 6.07) is 0. The van der Waals surface area contributed by atoms with Crippen LogP contribution >= 0.6 is 0 Å². The Balaban J connectivity index is -0.000000378. The van der Waals surface area contributed by atoms with Crippen LogP contribution in [0.15, 0.2) is 0 Å². The molecule has 0 radical (unpaired) electrons. The molecule has 15 heteroatoms. The van der Waals surface area contributed by atoms with E-state index in [9.17, 15) is 24.0 Å². The summed E-state index contributed by atoms with van der Waals surface area (Å²) in [5.41, 5.74) is 0. The molecular formula is C85H170O15. The Labute approximate surface area is 618 Å². The highest BCUT2D eigenvalue weighted by Gasteiger charge is 2.05. The second kappa shape index (κ2) is 102. The van der Waals surface area contributed by atoms with Crippen LogP contribution in [0.2, 0.25) is 0 Å². The molecule has 4 N–H and O–H groups in total. The molecule has 600 valence electrons. The van der Waals surface area contributed by atoms with Crippen molar-refractivity contribution in [3.05, 3.63) is 0 Å². The van der Waals surface area contributed by atoms with Crippen LogP contribution in [-0.4, -0.2) is 90.8 Å². The van der Waals surface area contributed by atoms with E-state index in [1.807, 2.05) is 0 Å². The van der Waals surface area contributed by atoms with Crippen molar-refractivity contribution in [2.45, 2.75) is 478 Å². The Bertz CT molecular complexity index is 1510. The second-order valence-electron chi connectivity index (χ2n) is 28.3. The summed E-state index contributed by atoms with van der Waals surface area (Å²) in [5, 5.41) is 33.1. The molecule has 0 spiro atoms. The average Bonchev–Trinajstić information content (AvgIpc) is 3.76. The number of unbranched alkanes of at least 4 members (excludes halogenated alkanes) is 62.